The molecule has 1 amide bonds. The maximum absolute atomic E-state index is 11.4. The van der Waals surface area contributed by atoms with Gasteiger partial charge >= 0.3 is 0 Å². The molecule has 0 saturated heterocycles. The number of phenols is 1. The minimum absolute atomic E-state index is 0.0134. The minimum atomic E-state index is -0.0524. The molecule has 0 heterocycles. The third-order valence-corrected chi connectivity index (χ3v) is 3.22. The molecule has 0 bridgehead atoms. The minimum Gasteiger partial charge on any atom is -0.503 e. The number of nitrogens with one attached hydrogen (secondary N) is 1. The molecule has 0 saturated carbocycles. The molecule has 0 unspecified atom stereocenters. The number of carbonyl (C=O) groups is 1. The number of hydrogen-bond donors (Lipinski definition) is 2. The highest BCUT2D eigenvalue weighted by molar-refractivity contribution is 6.32. The number of amides is 1. The Balaban J connectivity index is 2.53. The molecule has 2 N–H and O–H groups in total. The van der Waals surface area contributed by atoms with Crippen LogP contribution in [-0.4, -0.2) is 30.0 Å². The Morgan fingerprint density at radius 3 is 2.85 bits per heavy atom. The molecule has 0 aliphatic carbocycles. The molecular weight excluding hydrogens is 301 g/mol. The molecule has 0 atom stereocenters. The Morgan fingerprint density at radius 1 is 1.45 bits per heavy atom. The van der Waals surface area contributed by atoms with Crippen LogP contribution in [0.3, 0.4) is 0 Å². The van der Waals surface area contributed by atoms with Crippen LogP contribution in [-0.2, 0) is 11.2 Å². The summed E-state index contributed by atoms with van der Waals surface area (Å²) in [6.45, 7) is 2.79. The second-order valence-corrected chi connectivity index (χ2v) is 5.04. The Hall–Kier alpha value is -1.13. The van der Waals surface area contributed by atoms with Crippen LogP contribution >= 0.6 is 23.2 Å². The van der Waals surface area contributed by atoms with Gasteiger partial charge in [0.05, 0.1) is 11.6 Å². The average molecular weight is 320 g/mol. The zero-order valence-corrected chi connectivity index (χ0v) is 12.9. The number of alkyl halides is 1. The van der Waals surface area contributed by atoms with E-state index in [4.69, 9.17) is 27.9 Å². The summed E-state index contributed by atoms with van der Waals surface area (Å²) in [5.74, 6) is 0.783. The quantitative estimate of drug-likeness (QED) is 0.724. The summed E-state index contributed by atoms with van der Waals surface area (Å²) in [6.07, 6.45) is 1.73. The number of phenolic OH excluding ortho intramolecular Hbond substituents is 1. The largest absolute Gasteiger partial charge is 0.503 e. The van der Waals surface area contributed by atoms with E-state index in [1.54, 1.807) is 12.1 Å². The third-order valence-electron chi connectivity index (χ3n) is 2.66. The van der Waals surface area contributed by atoms with Crippen LogP contribution in [0.15, 0.2) is 12.1 Å². The number of rotatable bonds is 8. The Labute approximate surface area is 129 Å². The monoisotopic (exact) mass is 319 g/mol. The lowest BCUT2D eigenvalue weighted by molar-refractivity contribution is -0.121. The van der Waals surface area contributed by atoms with E-state index in [1.165, 1.54) is 0 Å². The van der Waals surface area contributed by atoms with Gasteiger partial charge < -0.3 is 15.2 Å². The van der Waals surface area contributed by atoms with Gasteiger partial charge in [-0.05, 0) is 37.5 Å². The van der Waals surface area contributed by atoms with Crippen LogP contribution in [0.1, 0.15) is 25.3 Å². The predicted octanol–water partition coefficient (Wildman–Crippen LogP) is 3.12. The van der Waals surface area contributed by atoms with E-state index in [9.17, 15) is 9.90 Å². The molecule has 0 spiro atoms. The van der Waals surface area contributed by atoms with Crippen molar-refractivity contribution in [3.05, 3.63) is 22.7 Å². The van der Waals surface area contributed by atoms with E-state index in [-0.39, 0.29) is 16.7 Å². The van der Waals surface area contributed by atoms with Crippen molar-refractivity contribution in [2.24, 2.45) is 0 Å². The number of hydrogen-bond acceptors (Lipinski definition) is 3. The number of aromatic hydroxyl groups is 1. The van der Waals surface area contributed by atoms with Gasteiger partial charge in [-0.3, -0.25) is 4.79 Å². The van der Waals surface area contributed by atoms with Crippen molar-refractivity contribution in [1.29, 1.82) is 0 Å². The predicted molar refractivity (Wildman–Crippen MR) is 81.0 cm³/mol. The van der Waals surface area contributed by atoms with E-state index >= 15 is 0 Å². The van der Waals surface area contributed by atoms with Crippen LogP contribution < -0.4 is 10.1 Å². The van der Waals surface area contributed by atoms with Gasteiger partial charge in [0.1, 0.15) is 0 Å². The second-order valence-electron chi connectivity index (χ2n) is 4.25. The lowest BCUT2D eigenvalue weighted by Crippen LogP contribution is -2.25. The summed E-state index contributed by atoms with van der Waals surface area (Å²) in [4.78, 5) is 11.4. The highest BCUT2D eigenvalue weighted by atomic mass is 35.5. The van der Waals surface area contributed by atoms with Gasteiger partial charge in [-0.2, -0.15) is 0 Å². The maximum atomic E-state index is 11.4. The van der Waals surface area contributed by atoms with Crippen molar-refractivity contribution in [3.8, 4) is 11.5 Å². The summed E-state index contributed by atoms with van der Waals surface area (Å²) in [6, 6.07) is 3.40. The van der Waals surface area contributed by atoms with E-state index in [1.807, 2.05) is 6.92 Å². The number of ether oxygens (including phenoxy) is 1. The molecule has 0 aliphatic heterocycles. The van der Waals surface area contributed by atoms with E-state index in [2.05, 4.69) is 5.32 Å². The number of halogens is 2. The Bertz CT molecular complexity index is 452. The maximum Gasteiger partial charge on any atom is 0.220 e. The molecule has 4 nitrogen and oxygen atoms in total. The number of benzene rings is 1. The van der Waals surface area contributed by atoms with E-state index < -0.39 is 0 Å². The second kappa shape index (κ2) is 8.93. The van der Waals surface area contributed by atoms with Crippen molar-refractivity contribution in [2.75, 3.05) is 19.0 Å². The third kappa shape index (κ3) is 5.47. The first kappa shape index (κ1) is 16.9. The molecular formula is C14H19Cl2NO3. The molecule has 1 aromatic carbocycles. The fourth-order valence-corrected chi connectivity index (χ4v) is 2.07. The highest BCUT2D eigenvalue weighted by Gasteiger charge is 2.09. The van der Waals surface area contributed by atoms with Crippen LogP contribution in [0.2, 0.25) is 5.02 Å². The fourth-order valence-electron chi connectivity index (χ4n) is 1.70. The van der Waals surface area contributed by atoms with Gasteiger partial charge in [0.2, 0.25) is 5.91 Å². The zero-order chi connectivity index (χ0) is 15.0. The van der Waals surface area contributed by atoms with Crippen molar-refractivity contribution in [2.45, 2.75) is 26.2 Å². The standard InChI is InChI=1S/C14H19Cl2NO3/c1-2-20-12-9-10(8-11(16)14(12)19)5-7-17-13(18)4-3-6-15/h8-9,19H,2-7H2,1H3,(H,17,18). The summed E-state index contributed by atoms with van der Waals surface area (Å²) in [5.41, 5.74) is 0.897. The molecule has 20 heavy (non-hydrogen) atoms. The summed E-state index contributed by atoms with van der Waals surface area (Å²) < 4.78 is 5.30. The molecule has 0 aliphatic rings. The molecule has 1 rings (SSSR count). The fraction of sp³-hybridized carbons (Fsp3) is 0.500. The van der Waals surface area contributed by atoms with Gasteiger partial charge in [0.15, 0.2) is 11.5 Å². The van der Waals surface area contributed by atoms with Crippen LogP contribution in [0, 0.1) is 0 Å². The lowest BCUT2D eigenvalue weighted by atomic mass is 10.1. The molecule has 0 radical (unpaired) electrons. The Morgan fingerprint density at radius 2 is 2.20 bits per heavy atom. The van der Waals surface area contributed by atoms with Gasteiger partial charge in [0.25, 0.3) is 0 Å². The van der Waals surface area contributed by atoms with Crippen LogP contribution in [0.4, 0.5) is 0 Å². The normalized spacial score (nSPS) is 10.3. The highest BCUT2D eigenvalue weighted by Crippen LogP contribution is 2.35. The Kier molecular flexibility index (Phi) is 7.55. The van der Waals surface area contributed by atoms with Crippen molar-refractivity contribution in [1.82, 2.24) is 5.32 Å². The average Bonchev–Trinajstić information content (AvgIpc) is 2.42. The molecule has 6 heteroatoms. The van der Waals surface area contributed by atoms with Gasteiger partial charge in [-0.15, -0.1) is 11.6 Å². The first-order valence-electron chi connectivity index (χ1n) is 6.55. The SMILES string of the molecule is CCOc1cc(CCNC(=O)CCCCl)cc(Cl)c1O. The van der Waals surface area contributed by atoms with Crippen molar-refractivity contribution >= 4 is 29.1 Å². The van der Waals surface area contributed by atoms with Crippen LogP contribution in [0.25, 0.3) is 0 Å². The first-order chi connectivity index (χ1) is 9.58. The zero-order valence-electron chi connectivity index (χ0n) is 11.4. The van der Waals surface area contributed by atoms with E-state index in [0.29, 0.717) is 44.0 Å². The lowest BCUT2D eigenvalue weighted by Gasteiger charge is -2.10. The van der Waals surface area contributed by atoms with Gasteiger partial charge in [0, 0.05) is 18.8 Å². The molecule has 112 valence electrons. The first-order valence-corrected chi connectivity index (χ1v) is 7.46. The molecule has 0 fully saturated rings. The van der Waals surface area contributed by atoms with Gasteiger partial charge in [-0.1, -0.05) is 11.6 Å². The molecule has 1 aromatic rings. The summed E-state index contributed by atoms with van der Waals surface area (Å²) in [5, 5.41) is 12.8. The summed E-state index contributed by atoms with van der Waals surface area (Å²) >= 11 is 11.5. The smallest absolute Gasteiger partial charge is 0.220 e. The van der Waals surface area contributed by atoms with Gasteiger partial charge in [-0.25, -0.2) is 0 Å². The topological polar surface area (TPSA) is 58.6 Å². The van der Waals surface area contributed by atoms with Crippen molar-refractivity contribution < 1.29 is 14.6 Å². The van der Waals surface area contributed by atoms with E-state index in [0.717, 1.165) is 5.56 Å². The van der Waals surface area contributed by atoms with Crippen LogP contribution in [0.5, 0.6) is 11.5 Å². The number of carbonyl (C=O) groups excluding carboxylic acids is 1. The van der Waals surface area contributed by atoms with Crippen molar-refractivity contribution in [3.63, 3.8) is 0 Å². The molecule has 0 aromatic heterocycles. The summed E-state index contributed by atoms with van der Waals surface area (Å²) in [7, 11) is 0.